The molecule has 0 N–H and O–H groups in total. The highest BCUT2D eigenvalue weighted by Gasteiger charge is 2.06. The molecule has 0 amide bonds. The van der Waals surface area contributed by atoms with E-state index in [0.717, 1.165) is 6.42 Å². The Morgan fingerprint density at radius 2 is 2.14 bits per heavy atom. The van der Waals surface area contributed by atoms with Crippen molar-refractivity contribution in [3.05, 3.63) is 30.2 Å². The minimum atomic E-state index is 0.514. The first-order valence-electron chi connectivity index (χ1n) is 5.18. The fraction of sp³-hybridized carbons (Fsp3) is 0.417. The molecule has 0 fully saturated rings. The first-order valence-corrected chi connectivity index (χ1v) is 5.18. The van der Waals surface area contributed by atoms with Gasteiger partial charge in [0.15, 0.2) is 0 Å². The molecule has 0 atom stereocenters. The van der Waals surface area contributed by atoms with Gasteiger partial charge >= 0.3 is 0 Å². The van der Waals surface area contributed by atoms with Crippen molar-refractivity contribution in [2.75, 3.05) is 0 Å². The fourth-order valence-corrected chi connectivity index (χ4v) is 1.88. The number of fused-ring (bicyclic) bond motifs is 1. The van der Waals surface area contributed by atoms with Gasteiger partial charge in [0.2, 0.25) is 0 Å². The predicted octanol–water partition coefficient (Wildman–Crippen LogP) is 3.18. The summed E-state index contributed by atoms with van der Waals surface area (Å²) in [5, 5.41) is 1.30. The Bertz CT molecular complexity index is 441. The number of hydrogen-bond acceptors (Lipinski definition) is 1. The average molecular weight is 188 g/mol. The van der Waals surface area contributed by atoms with Crippen LogP contribution in [0.15, 0.2) is 24.5 Å². The lowest BCUT2D eigenvalue weighted by Crippen LogP contribution is -1.98. The number of nitrogens with zero attached hydrogens (tertiary/aromatic N) is 2. The van der Waals surface area contributed by atoms with E-state index in [1.54, 1.807) is 0 Å². The average Bonchev–Trinajstić information content (AvgIpc) is 2.60. The molecule has 0 saturated heterocycles. The van der Waals surface area contributed by atoms with E-state index in [1.807, 2.05) is 6.20 Å². The first-order chi connectivity index (χ1) is 6.74. The molecule has 2 aromatic rings. The third kappa shape index (κ3) is 1.31. The Kier molecular flexibility index (Phi) is 2.28. The van der Waals surface area contributed by atoms with Crippen molar-refractivity contribution in [3.63, 3.8) is 0 Å². The number of rotatable bonds is 2. The highest BCUT2D eigenvalue weighted by molar-refractivity contribution is 5.82. The van der Waals surface area contributed by atoms with Gasteiger partial charge in [0.05, 0.1) is 5.52 Å². The zero-order chi connectivity index (χ0) is 10.1. The molecule has 0 bridgehead atoms. The summed E-state index contributed by atoms with van der Waals surface area (Å²) in [6.07, 6.45) is 5.05. The van der Waals surface area contributed by atoms with E-state index in [9.17, 15) is 0 Å². The van der Waals surface area contributed by atoms with Crippen LogP contribution in [-0.2, 0) is 6.42 Å². The summed E-state index contributed by atoms with van der Waals surface area (Å²) in [5.41, 5.74) is 2.49. The molecule has 2 heterocycles. The van der Waals surface area contributed by atoms with Crippen LogP contribution in [0.3, 0.4) is 0 Å². The topological polar surface area (TPSA) is 17.8 Å². The molecule has 74 valence electrons. The second-order valence-electron chi connectivity index (χ2n) is 3.86. The summed E-state index contributed by atoms with van der Waals surface area (Å²) in [7, 11) is 0. The Labute approximate surface area is 84.6 Å². The summed E-state index contributed by atoms with van der Waals surface area (Å²) in [6.45, 7) is 6.55. The third-order valence-corrected chi connectivity index (χ3v) is 2.62. The highest BCUT2D eigenvalue weighted by atomic mass is 15.0. The van der Waals surface area contributed by atoms with E-state index in [4.69, 9.17) is 0 Å². The van der Waals surface area contributed by atoms with Crippen LogP contribution in [0.4, 0.5) is 0 Å². The molecule has 2 heteroatoms. The summed E-state index contributed by atoms with van der Waals surface area (Å²) < 4.78 is 2.29. The lowest BCUT2D eigenvalue weighted by atomic mass is 10.2. The van der Waals surface area contributed by atoms with Crippen molar-refractivity contribution >= 4 is 10.9 Å². The van der Waals surface area contributed by atoms with E-state index in [1.165, 1.54) is 16.6 Å². The zero-order valence-corrected chi connectivity index (χ0v) is 8.99. The van der Waals surface area contributed by atoms with E-state index < -0.39 is 0 Å². The highest BCUT2D eigenvalue weighted by Crippen LogP contribution is 2.21. The molecule has 0 unspecified atom stereocenters. The minimum absolute atomic E-state index is 0.514. The Hall–Kier alpha value is -1.31. The molecule has 0 aliphatic heterocycles. The van der Waals surface area contributed by atoms with Gasteiger partial charge in [0, 0.05) is 29.5 Å². The van der Waals surface area contributed by atoms with Gasteiger partial charge < -0.3 is 4.57 Å². The lowest BCUT2D eigenvalue weighted by Gasteiger charge is -2.09. The van der Waals surface area contributed by atoms with Gasteiger partial charge in [-0.15, -0.1) is 0 Å². The fourth-order valence-electron chi connectivity index (χ4n) is 1.88. The van der Waals surface area contributed by atoms with Gasteiger partial charge in [-0.25, -0.2) is 0 Å². The molecule has 0 aliphatic carbocycles. The van der Waals surface area contributed by atoms with Crippen molar-refractivity contribution in [3.8, 4) is 0 Å². The summed E-state index contributed by atoms with van der Waals surface area (Å²) >= 11 is 0. The maximum absolute atomic E-state index is 4.38. The smallest absolute Gasteiger partial charge is 0.0516 e. The second-order valence-corrected chi connectivity index (χ2v) is 3.86. The molecule has 2 rings (SSSR count). The van der Waals surface area contributed by atoms with Crippen molar-refractivity contribution < 1.29 is 0 Å². The van der Waals surface area contributed by atoms with E-state index >= 15 is 0 Å². The number of pyridine rings is 1. The van der Waals surface area contributed by atoms with Crippen LogP contribution in [0.5, 0.6) is 0 Å². The van der Waals surface area contributed by atoms with Crippen molar-refractivity contribution in [2.24, 2.45) is 0 Å². The Morgan fingerprint density at radius 1 is 1.36 bits per heavy atom. The molecular formula is C12H16N2. The molecule has 14 heavy (non-hydrogen) atoms. The summed E-state index contributed by atoms with van der Waals surface area (Å²) in [5.74, 6) is 0. The van der Waals surface area contributed by atoms with Crippen LogP contribution in [0.25, 0.3) is 10.9 Å². The summed E-state index contributed by atoms with van der Waals surface area (Å²) in [6, 6.07) is 4.77. The maximum atomic E-state index is 4.38. The largest absolute Gasteiger partial charge is 0.345 e. The van der Waals surface area contributed by atoms with Crippen LogP contribution in [0.2, 0.25) is 0 Å². The third-order valence-electron chi connectivity index (χ3n) is 2.62. The lowest BCUT2D eigenvalue weighted by molar-refractivity contribution is 0.623. The predicted molar refractivity (Wildman–Crippen MR) is 59.5 cm³/mol. The minimum Gasteiger partial charge on any atom is -0.345 e. The van der Waals surface area contributed by atoms with Gasteiger partial charge in [0.25, 0.3) is 0 Å². The van der Waals surface area contributed by atoms with Crippen LogP contribution < -0.4 is 0 Å². The van der Waals surface area contributed by atoms with Gasteiger partial charge in [-0.05, 0) is 32.4 Å². The molecule has 2 aromatic heterocycles. The monoisotopic (exact) mass is 188 g/mol. The quantitative estimate of drug-likeness (QED) is 0.707. The second kappa shape index (κ2) is 3.45. The maximum Gasteiger partial charge on any atom is 0.0516 e. The van der Waals surface area contributed by atoms with Gasteiger partial charge in [-0.1, -0.05) is 6.92 Å². The molecule has 0 aromatic carbocycles. The van der Waals surface area contributed by atoms with E-state index in [2.05, 4.69) is 48.7 Å². The molecule has 0 spiro atoms. The molecule has 0 saturated carbocycles. The molecule has 0 radical (unpaired) electrons. The van der Waals surface area contributed by atoms with Crippen LogP contribution in [0.1, 0.15) is 32.5 Å². The number of aryl methyl sites for hydroxylation is 1. The Morgan fingerprint density at radius 3 is 2.79 bits per heavy atom. The Balaban J connectivity index is 2.69. The first kappa shape index (κ1) is 9.25. The normalized spacial score (nSPS) is 11.4. The van der Waals surface area contributed by atoms with E-state index in [0.29, 0.717) is 6.04 Å². The van der Waals surface area contributed by atoms with Gasteiger partial charge in [0.1, 0.15) is 0 Å². The summed E-state index contributed by atoms with van der Waals surface area (Å²) in [4.78, 5) is 4.38. The van der Waals surface area contributed by atoms with Crippen LogP contribution >= 0.6 is 0 Å². The van der Waals surface area contributed by atoms with Gasteiger partial charge in [-0.3, -0.25) is 4.98 Å². The molecule has 0 aliphatic rings. The van der Waals surface area contributed by atoms with Crippen molar-refractivity contribution in [1.29, 1.82) is 0 Å². The van der Waals surface area contributed by atoms with E-state index in [-0.39, 0.29) is 0 Å². The van der Waals surface area contributed by atoms with Crippen LogP contribution in [0, 0.1) is 0 Å². The number of aromatic nitrogens is 2. The standard InChI is InChI=1S/C12H16N2/c1-4-11-10-6-8-14(9(2)3)12(10)5-7-13-11/h5-9H,4H2,1-3H3. The van der Waals surface area contributed by atoms with Crippen molar-refractivity contribution in [2.45, 2.75) is 33.2 Å². The van der Waals surface area contributed by atoms with Gasteiger partial charge in [-0.2, -0.15) is 0 Å². The molecule has 2 nitrogen and oxygen atoms in total. The zero-order valence-electron chi connectivity index (χ0n) is 8.99. The number of hydrogen-bond donors (Lipinski definition) is 0. The SMILES string of the molecule is CCc1nccc2c1ccn2C(C)C. The molecular weight excluding hydrogens is 172 g/mol. The van der Waals surface area contributed by atoms with Crippen LogP contribution in [-0.4, -0.2) is 9.55 Å². The van der Waals surface area contributed by atoms with Crippen molar-refractivity contribution in [1.82, 2.24) is 9.55 Å².